The van der Waals surface area contributed by atoms with Crippen LogP contribution in [0.5, 0.6) is 0 Å². The maximum Gasteiger partial charge on any atom is 0.311 e. The fraction of sp³-hybridized carbons (Fsp3) is 0.417. The van der Waals surface area contributed by atoms with Crippen LogP contribution in [-0.4, -0.2) is 41.2 Å². The highest BCUT2D eigenvalue weighted by atomic mass is 16.5. The fourth-order valence-corrected chi connectivity index (χ4v) is 1.98. The number of carbonyl (C=O) groups is 2. The molecule has 1 saturated heterocycles. The molecule has 2 rings (SSSR count). The van der Waals surface area contributed by atoms with Gasteiger partial charge in [-0.05, 0) is 19.1 Å². The van der Waals surface area contributed by atoms with Crippen LogP contribution in [-0.2, 0) is 9.53 Å². The summed E-state index contributed by atoms with van der Waals surface area (Å²) in [6, 6.07) is 2.81. The van der Waals surface area contributed by atoms with Crippen LogP contribution in [0.2, 0.25) is 0 Å². The van der Waals surface area contributed by atoms with Gasteiger partial charge in [-0.3, -0.25) is 9.59 Å². The third-order valence-electron chi connectivity index (χ3n) is 3.02. The Bertz CT molecular complexity index is 518. The maximum atomic E-state index is 11.3. The van der Waals surface area contributed by atoms with E-state index in [9.17, 15) is 9.59 Å². The predicted molar refractivity (Wildman–Crippen MR) is 66.8 cm³/mol. The minimum absolute atomic E-state index is 0.144. The van der Waals surface area contributed by atoms with Gasteiger partial charge in [0.25, 0.3) is 5.91 Å². The van der Waals surface area contributed by atoms with Crippen molar-refractivity contribution >= 4 is 17.7 Å². The number of ether oxygens (including phenoxy) is 1. The van der Waals surface area contributed by atoms with Crippen LogP contribution in [0.1, 0.15) is 16.1 Å². The highest BCUT2D eigenvalue weighted by molar-refractivity contribution is 5.97. The molecule has 1 aliphatic rings. The van der Waals surface area contributed by atoms with Gasteiger partial charge in [-0.15, -0.1) is 0 Å². The number of aliphatic carboxylic acids is 1. The summed E-state index contributed by atoms with van der Waals surface area (Å²) in [4.78, 5) is 26.6. The zero-order valence-electron chi connectivity index (χ0n) is 10.4. The standard InChI is InChI=1S/C12H15N3O4/c1-6-2-3-7(10(13)16)11(14-6)15-9-5-19-4-8(9)12(17)18/h2-3,8-9H,4-5H2,1H3,(H2,13,16)(H,14,15)(H,17,18). The van der Waals surface area contributed by atoms with E-state index >= 15 is 0 Å². The highest BCUT2D eigenvalue weighted by Crippen LogP contribution is 2.21. The molecule has 1 aromatic heterocycles. The van der Waals surface area contributed by atoms with Gasteiger partial charge in [0, 0.05) is 5.69 Å². The Labute approximate surface area is 109 Å². The van der Waals surface area contributed by atoms with Gasteiger partial charge in [0.05, 0.1) is 24.8 Å². The summed E-state index contributed by atoms with van der Waals surface area (Å²) < 4.78 is 5.15. The number of nitrogens with one attached hydrogen (secondary N) is 1. The van der Waals surface area contributed by atoms with Crippen LogP contribution in [0.3, 0.4) is 0 Å². The van der Waals surface area contributed by atoms with E-state index in [1.54, 1.807) is 19.1 Å². The lowest BCUT2D eigenvalue weighted by molar-refractivity contribution is -0.141. The average Bonchev–Trinajstić information content (AvgIpc) is 2.76. The number of carboxylic acid groups (broad SMARTS) is 1. The summed E-state index contributed by atoms with van der Waals surface area (Å²) in [7, 11) is 0. The number of hydrogen-bond acceptors (Lipinski definition) is 5. The molecule has 0 spiro atoms. The summed E-state index contributed by atoms with van der Waals surface area (Å²) in [6.07, 6.45) is 0. The number of aryl methyl sites for hydroxylation is 1. The molecule has 1 aromatic rings. The molecule has 1 aliphatic heterocycles. The molecule has 2 heterocycles. The van der Waals surface area contributed by atoms with Crippen LogP contribution in [0.25, 0.3) is 0 Å². The van der Waals surface area contributed by atoms with Gasteiger partial charge in [-0.25, -0.2) is 4.98 Å². The van der Waals surface area contributed by atoms with Crippen LogP contribution in [0.4, 0.5) is 5.82 Å². The number of amides is 1. The molecular weight excluding hydrogens is 250 g/mol. The average molecular weight is 265 g/mol. The fourth-order valence-electron chi connectivity index (χ4n) is 1.98. The van der Waals surface area contributed by atoms with E-state index < -0.39 is 23.8 Å². The van der Waals surface area contributed by atoms with E-state index in [2.05, 4.69) is 10.3 Å². The van der Waals surface area contributed by atoms with E-state index in [4.69, 9.17) is 15.6 Å². The van der Waals surface area contributed by atoms with Crippen molar-refractivity contribution in [1.82, 2.24) is 4.98 Å². The van der Waals surface area contributed by atoms with E-state index in [0.29, 0.717) is 11.5 Å². The molecule has 7 heteroatoms. The summed E-state index contributed by atoms with van der Waals surface area (Å²) in [5, 5.41) is 12.0. The monoisotopic (exact) mass is 265 g/mol. The Kier molecular flexibility index (Phi) is 3.66. The Morgan fingerprint density at radius 2 is 2.21 bits per heavy atom. The zero-order chi connectivity index (χ0) is 14.0. The number of pyridine rings is 1. The third kappa shape index (κ3) is 2.82. The maximum absolute atomic E-state index is 11.3. The van der Waals surface area contributed by atoms with Crippen molar-refractivity contribution in [3.8, 4) is 0 Å². The molecule has 1 amide bonds. The quantitative estimate of drug-likeness (QED) is 0.706. The third-order valence-corrected chi connectivity index (χ3v) is 3.02. The second kappa shape index (κ2) is 5.23. The Morgan fingerprint density at radius 3 is 2.84 bits per heavy atom. The van der Waals surface area contributed by atoms with Crippen molar-refractivity contribution in [3.63, 3.8) is 0 Å². The van der Waals surface area contributed by atoms with E-state index in [1.807, 2.05) is 0 Å². The van der Waals surface area contributed by atoms with E-state index in [1.165, 1.54) is 0 Å². The molecule has 1 fully saturated rings. The molecule has 0 aliphatic carbocycles. The molecule has 0 saturated carbocycles. The largest absolute Gasteiger partial charge is 0.481 e. The van der Waals surface area contributed by atoms with Crippen molar-refractivity contribution in [2.24, 2.45) is 11.7 Å². The summed E-state index contributed by atoms with van der Waals surface area (Å²) in [5.41, 5.74) is 6.21. The molecule has 2 unspecified atom stereocenters. The van der Waals surface area contributed by atoms with Crippen molar-refractivity contribution in [2.45, 2.75) is 13.0 Å². The minimum atomic E-state index is -0.941. The normalized spacial score (nSPS) is 22.2. The molecule has 0 radical (unpaired) electrons. The summed E-state index contributed by atoms with van der Waals surface area (Å²) >= 11 is 0. The zero-order valence-corrected chi connectivity index (χ0v) is 10.4. The van der Waals surface area contributed by atoms with Crippen LogP contribution >= 0.6 is 0 Å². The van der Waals surface area contributed by atoms with Crippen molar-refractivity contribution in [3.05, 3.63) is 23.4 Å². The van der Waals surface area contributed by atoms with Gasteiger partial charge in [0.1, 0.15) is 11.7 Å². The number of nitrogens with two attached hydrogens (primary N) is 1. The summed E-state index contributed by atoms with van der Waals surface area (Å²) in [5.74, 6) is -1.92. The Balaban J connectivity index is 2.25. The van der Waals surface area contributed by atoms with Crippen LogP contribution < -0.4 is 11.1 Å². The van der Waals surface area contributed by atoms with Gasteiger partial charge in [-0.2, -0.15) is 0 Å². The molecule has 2 atom stereocenters. The van der Waals surface area contributed by atoms with Gasteiger partial charge < -0.3 is 20.9 Å². The van der Waals surface area contributed by atoms with Gasteiger partial charge >= 0.3 is 5.97 Å². The number of aromatic nitrogens is 1. The second-order valence-electron chi connectivity index (χ2n) is 4.45. The lowest BCUT2D eigenvalue weighted by Gasteiger charge is -2.18. The topological polar surface area (TPSA) is 115 Å². The first-order chi connectivity index (χ1) is 8.99. The van der Waals surface area contributed by atoms with E-state index in [0.717, 1.165) is 0 Å². The van der Waals surface area contributed by atoms with Crippen LogP contribution in [0.15, 0.2) is 12.1 Å². The molecular formula is C12H15N3O4. The minimum Gasteiger partial charge on any atom is -0.481 e. The number of nitrogens with zero attached hydrogens (tertiary/aromatic N) is 1. The molecule has 0 aromatic carbocycles. The molecule has 19 heavy (non-hydrogen) atoms. The van der Waals surface area contributed by atoms with Crippen molar-refractivity contribution < 1.29 is 19.4 Å². The van der Waals surface area contributed by atoms with Crippen molar-refractivity contribution in [1.29, 1.82) is 0 Å². The number of hydrogen-bond donors (Lipinski definition) is 3. The highest BCUT2D eigenvalue weighted by Gasteiger charge is 2.34. The second-order valence-corrected chi connectivity index (χ2v) is 4.45. The number of rotatable bonds is 4. The first-order valence-electron chi connectivity index (χ1n) is 5.83. The number of carboxylic acids is 1. The first-order valence-corrected chi connectivity index (χ1v) is 5.83. The van der Waals surface area contributed by atoms with Gasteiger partial charge in [0.2, 0.25) is 0 Å². The molecule has 4 N–H and O–H groups in total. The van der Waals surface area contributed by atoms with Gasteiger partial charge in [0.15, 0.2) is 0 Å². The number of primary amides is 1. The molecule has 102 valence electrons. The molecule has 0 bridgehead atoms. The lowest BCUT2D eigenvalue weighted by atomic mass is 10.0. The van der Waals surface area contributed by atoms with E-state index in [-0.39, 0.29) is 18.8 Å². The smallest absolute Gasteiger partial charge is 0.311 e. The van der Waals surface area contributed by atoms with Crippen molar-refractivity contribution in [2.75, 3.05) is 18.5 Å². The Hall–Kier alpha value is -2.15. The first kappa shape index (κ1) is 13.3. The Morgan fingerprint density at radius 1 is 1.47 bits per heavy atom. The van der Waals surface area contributed by atoms with Gasteiger partial charge in [-0.1, -0.05) is 0 Å². The van der Waals surface area contributed by atoms with Crippen LogP contribution in [0, 0.1) is 12.8 Å². The molecule has 7 nitrogen and oxygen atoms in total. The SMILES string of the molecule is Cc1ccc(C(N)=O)c(NC2COCC2C(=O)O)n1. The number of anilines is 1. The summed E-state index contributed by atoms with van der Waals surface area (Å²) in [6.45, 7) is 2.17. The number of carbonyl (C=O) groups excluding carboxylic acids is 1. The predicted octanol–water partition coefficient (Wildman–Crippen LogP) is 0.000420. The lowest BCUT2D eigenvalue weighted by Crippen LogP contribution is -2.34.